The highest BCUT2D eigenvalue weighted by atomic mass is 16.5. The van der Waals surface area contributed by atoms with Crippen LogP contribution >= 0.6 is 0 Å². The summed E-state index contributed by atoms with van der Waals surface area (Å²) in [5, 5.41) is 3.25. The second kappa shape index (κ2) is 5.15. The van der Waals surface area contributed by atoms with Crippen molar-refractivity contribution in [2.24, 2.45) is 5.92 Å². The Morgan fingerprint density at radius 3 is 2.94 bits per heavy atom. The first kappa shape index (κ1) is 11.9. The molecule has 2 saturated heterocycles. The molecule has 2 rings (SSSR count). The smallest absolute Gasteiger partial charge is 0.227 e. The molecule has 1 amide bonds. The summed E-state index contributed by atoms with van der Waals surface area (Å²) in [7, 11) is 0. The van der Waals surface area contributed by atoms with Gasteiger partial charge in [-0.2, -0.15) is 0 Å². The fraction of sp³-hybridized carbons (Fsp3) is 0.917. The van der Waals surface area contributed by atoms with Crippen molar-refractivity contribution in [2.75, 3.05) is 26.2 Å². The summed E-state index contributed by atoms with van der Waals surface area (Å²) in [6, 6.07) is 0. The molecule has 3 unspecified atom stereocenters. The summed E-state index contributed by atoms with van der Waals surface area (Å²) in [5.41, 5.74) is 0. The molecule has 2 aliphatic heterocycles. The molecular weight excluding hydrogens is 204 g/mol. The van der Waals surface area contributed by atoms with Gasteiger partial charge in [0.05, 0.1) is 18.1 Å². The summed E-state index contributed by atoms with van der Waals surface area (Å²) in [6.45, 7) is 7.52. The highest BCUT2D eigenvalue weighted by Crippen LogP contribution is 2.18. The van der Waals surface area contributed by atoms with Gasteiger partial charge in [0.2, 0.25) is 5.91 Å². The lowest BCUT2D eigenvalue weighted by Gasteiger charge is -2.37. The van der Waals surface area contributed by atoms with Gasteiger partial charge in [-0.05, 0) is 26.3 Å². The quantitative estimate of drug-likeness (QED) is 0.750. The molecule has 0 aliphatic carbocycles. The van der Waals surface area contributed by atoms with E-state index in [1.54, 1.807) is 0 Å². The molecule has 4 heteroatoms. The minimum Gasteiger partial charge on any atom is -0.372 e. The fourth-order valence-electron chi connectivity index (χ4n) is 2.57. The number of hydrogen-bond acceptors (Lipinski definition) is 3. The van der Waals surface area contributed by atoms with Gasteiger partial charge in [-0.25, -0.2) is 0 Å². The van der Waals surface area contributed by atoms with Crippen molar-refractivity contribution >= 4 is 5.91 Å². The normalized spacial score (nSPS) is 35.4. The van der Waals surface area contributed by atoms with E-state index in [0.717, 1.165) is 39.0 Å². The van der Waals surface area contributed by atoms with Crippen LogP contribution in [-0.2, 0) is 9.53 Å². The van der Waals surface area contributed by atoms with E-state index in [0.29, 0.717) is 5.91 Å². The van der Waals surface area contributed by atoms with Gasteiger partial charge in [-0.1, -0.05) is 6.92 Å². The van der Waals surface area contributed by atoms with Crippen LogP contribution in [0.5, 0.6) is 0 Å². The molecule has 92 valence electrons. The molecule has 2 heterocycles. The zero-order valence-corrected chi connectivity index (χ0v) is 10.2. The molecule has 0 radical (unpaired) electrons. The summed E-state index contributed by atoms with van der Waals surface area (Å²) in [4.78, 5) is 14.2. The van der Waals surface area contributed by atoms with E-state index in [-0.39, 0.29) is 18.1 Å². The van der Waals surface area contributed by atoms with E-state index in [1.165, 1.54) is 0 Å². The topological polar surface area (TPSA) is 41.6 Å². The van der Waals surface area contributed by atoms with Crippen LogP contribution in [0.2, 0.25) is 0 Å². The van der Waals surface area contributed by atoms with Crippen molar-refractivity contribution in [3.8, 4) is 0 Å². The Balaban J connectivity index is 1.94. The Morgan fingerprint density at radius 1 is 1.50 bits per heavy atom. The number of carbonyl (C=O) groups is 1. The predicted octanol–water partition coefficient (Wildman–Crippen LogP) is 0.622. The number of nitrogens with zero attached hydrogens (tertiary/aromatic N) is 1. The summed E-state index contributed by atoms with van der Waals surface area (Å²) >= 11 is 0. The average Bonchev–Trinajstić information content (AvgIpc) is 2.80. The number of ether oxygens (including phenoxy) is 1. The monoisotopic (exact) mass is 226 g/mol. The number of carbonyl (C=O) groups excluding carboxylic acids is 1. The van der Waals surface area contributed by atoms with E-state index < -0.39 is 0 Å². The Hall–Kier alpha value is -0.610. The SMILES string of the molecule is CCC1CN(C(=O)C2CCNC2)CC(C)O1. The minimum atomic E-state index is 0.178. The molecule has 0 spiro atoms. The van der Waals surface area contributed by atoms with E-state index in [1.807, 2.05) is 4.90 Å². The number of morpholine rings is 1. The first-order valence-electron chi connectivity index (χ1n) is 6.35. The maximum absolute atomic E-state index is 12.2. The lowest BCUT2D eigenvalue weighted by Crippen LogP contribution is -2.51. The molecule has 0 aromatic heterocycles. The molecule has 0 saturated carbocycles. The van der Waals surface area contributed by atoms with Crippen molar-refractivity contribution < 1.29 is 9.53 Å². The van der Waals surface area contributed by atoms with Gasteiger partial charge in [0.1, 0.15) is 0 Å². The largest absolute Gasteiger partial charge is 0.372 e. The van der Waals surface area contributed by atoms with Crippen molar-refractivity contribution in [1.29, 1.82) is 0 Å². The van der Waals surface area contributed by atoms with Crippen LogP contribution < -0.4 is 5.32 Å². The third-order valence-corrected chi connectivity index (χ3v) is 3.50. The molecule has 4 nitrogen and oxygen atoms in total. The lowest BCUT2D eigenvalue weighted by molar-refractivity contribution is -0.148. The van der Waals surface area contributed by atoms with Crippen LogP contribution in [0.25, 0.3) is 0 Å². The molecule has 0 aromatic rings. The van der Waals surface area contributed by atoms with Gasteiger partial charge in [0.25, 0.3) is 0 Å². The van der Waals surface area contributed by atoms with E-state index in [2.05, 4.69) is 19.2 Å². The van der Waals surface area contributed by atoms with E-state index >= 15 is 0 Å². The van der Waals surface area contributed by atoms with Crippen molar-refractivity contribution in [3.63, 3.8) is 0 Å². The van der Waals surface area contributed by atoms with Gasteiger partial charge in [-0.3, -0.25) is 4.79 Å². The van der Waals surface area contributed by atoms with Gasteiger partial charge < -0.3 is 15.0 Å². The Kier molecular flexibility index (Phi) is 3.82. The average molecular weight is 226 g/mol. The third kappa shape index (κ3) is 2.55. The van der Waals surface area contributed by atoms with E-state index in [4.69, 9.17) is 4.74 Å². The zero-order chi connectivity index (χ0) is 11.5. The minimum absolute atomic E-state index is 0.178. The predicted molar refractivity (Wildman–Crippen MR) is 62.2 cm³/mol. The van der Waals surface area contributed by atoms with Crippen LogP contribution in [0, 0.1) is 5.92 Å². The molecule has 1 N–H and O–H groups in total. The van der Waals surface area contributed by atoms with Gasteiger partial charge in [0, 0.05) is 19.6 Å². The summed E-state index contributed by atoms with van der Waals surface area (Å²) in [5.74, 6) is 0.515. The zero-order valence-electron chi connectivity index (χ0n) is 10.2. The molecule has 2 fully saturated rings. The molecule has 0 aromatic carbocycles. The Labute approximate surface area is 97.3 Å². The van der Waals surface area contributed by atoms with Crippen molar-refractivity contribution in [1.82, 2.24) is 10.2 Å². The van der Waals surface area contributed by atoms with Crippen LogP contribution in [0.1, 0.15) is 26.7 Å². The van der Waals surface area contributed by atoms with E-state index in [9.17, 15) is 4.79 Å². The van der Waals surface area contributed by atoms with Crippen molar-refractivity contribution in [2.45, 2.75) is 38.9 Å². The molecule has 16 heavy (non-hydrogen) atoms. The van der Waals surface area contributed by atoms with Crippen LogP contribution in [0.15, 0.2) is 0 Å². The number of hydrogen-bond donors (Lipinski definition) is 1. The third-order valence-electron chi connectivity index (χ3n) is 3.50. The number of nitrogens with one attached hydrogen (secondary N) is 1. The second-order valence-electron chi connectivity index (χ2n) is 4.91. The maximum atomic E-state index is 12.2. The van der Waals surface area contributed by atoms with Crippen LogP contribution in [0.3, 0.4) is 0 Å². The maximum Gasteiger partial charge on any atom is 0.227 e. The molecule has 2 aliphatic rings. The van der Waals surface area contributed by atoms with Crippen LogP contribution in [0.4, 0.5) is 0 Å². The first-order chi connectivity index (χ1) is 7.70. The molecular formula is C12H22N2O2. The Bertz CT molecular complexity index is 251. The van der Waals surface area contributed by atoms with Gasteiger partial charge in [0.15, 0.2) is 0 Å². The lowest BCUT2D eigenvalue weighted by atomic mass is 10.1. The standard InChI is InChI=1S/C12H22N2O2/c1-3-11-8-14(7-9(2)16-11)12(15)10-4-5-13-6-10/h9-11,13H,3-8H2,1-2H3. The Morgan fingerprint density at radius 2 is 2.31 bits per heavy atom. The summed E-state index contributed by atoms with van der Waals surface area (Å²) < 4.78 is 5.77. The van der Waals surface area contributed by atoms with Crippen molar-refractivity contribution in [3.05, 3.63) is 0 Å². The second-order valence-corrected chi connectivity index (χ2v) is 4.91. The van der Waals surface area contributed by atoms with Gasteiger partial charge in [-0.15, -0.1) is 0 Å². The van der Waals surface area contributed by atoms with Crippen LogP contribution in [-0.4, -0.2) is 49.2 Å². The first-order valence-corrected chi connectivity index (χ1v) is 6.35. The molecule has 3 atom stereocenters. The molecule has 0 bridgehead atoms. The number of rotatable bonds is 2. The summed E-state index contributed by atoms with van der Waals surface area (Å²) in [6.07, 6.45) is 2.37. The van der Waals surface area contributed by atoms with Gasteiger partial charge >= 0.3 is 0 Å². The number of amides is 1. The highest BCUT2D eigenvalue weighted by molar-refractivity contribution is 5.79. The highest BCUT2D eigenvalue weighted by Gasteiger charge is 2.32. The fourth-order valence-corrected chi connectivity index (χ4v) is 2.57.